The summed E-state index contributed by atoms with van der Waals surface area (Å²) in [5.74, 6) is -1.57. The molecule has 16 nitrogen and oxygen atoms in total. The second-order valence-electron chi connectivity index (χ2n) is 22.3. The van der Waals surface area contributed by atoms with Crippen molar-refractivity contribution < 1.29 is 75.8 Å². The van der Waals surface area contributed by atoms with E-state index in [9.17, 15) is 43.5 Å². The summed E-state index contributed by atoms with van der Waals surface area (Å²) >= 11 is 0. The van der Waals surface area contributed by atoms with Crippen molar-refractivity contribution >= 4 is 33.6 Å². The van der Waals surface area contributed by atoms with Crippen LogP contribution in [0.2, 0.25) is 0 Å². The quantitative estimate of drug-likeness (QED) is 0.0146. The highest BCUT2D eigenvalue weighted by atomic mass is 31.2. The Morgan fingerprint density at radius 1 is 0.337 bits per heavy atom. The van der Waals surface area contributed by atoms with E-state index in [-0.39, 0.29) is 19.3 Å². The average molecular weight is 1220 g/mol. The molecule has 0 amide bonds. The topological polar surface area (TPSA) is 231 Å². The van der Waals surface area contributed by atoms with Crippen molar-refractivity contribution in [1.29, 1.82) is 0 Å². The summed E-state index contributed by atoms with van der Waals surface area (Å²) in [7, 11) is -9.75. The van der Waals surface area contributed by atoms with Gasteiger partial charge in [0.15, 0.2) is 6.10 Å². The van der Waals surface area contributed by atoms with Crippen LogP contribution in [0.5, 0.6) is 0 Å². The number of phosphoric ester groups is 2. The van der Waals surface area contributed by atoms with E-state index >= 15 is 0 Å². The first-order valence-corrected chi connectivity index (χ1v) is 35.9. The molecular weight excluding hydrogens is 1100 g/mol. The first-order chi connectivity index (χ1) is 40.2. The fraction of sp³-hybridized carbons (Fsp3) is 0.831. The number of aliphatic hydroxyl groups excluding tert-OH is 2. The number of esters is 3. The standard InChI is InChI=1S/C65H120O16P2/c1-4-7-10-13-16-19-22-25-26-27-28-29-30-31-32-35-37-39-42-45-48-51-63(68)75-54-60(66)55-77-82(71,72)78-56-61(67)57-79-83(73,74)80-59-62(81-65(70)53-50-47-44-41-38-34-24-21-18-15-12-9-6-3)58-76-64(69)52-49-46-43-40-36-33-23-20-17-14-11-8-5-2/h16,19,25-26,28-29,31-32,60-62,66-67H,4-15,17-18,20-24,27,30,33-59H2,1-3H3,(H,71,72)(H,73,74)/b19-16-,26-25-,29-28-,32-31-. The number of phosphoric acid groups is 2. The predicted molar refractivity (Wildman–Crippen MR) is 335 cm³/mol. The van der Waals surface area contributed by atoms with Gasteiger partial charge in [0.1, 0.15) is 25.4 Å². The Bertz CT molecular complexity index is 1720. The van der Waals surface area contributed by atoms with Gasteiger partial charge in [-0.2, -0.15) is 0 Å². The Balaban J connectivity index is 4.58. The van der Waals surface area contributed by atoms with E-state index in [0.717, 1.165) is 96.3 Å². The average Bonchev–Trinajstić information content (AvgIpc) is 3.47. The lowest BCUT2D eigenvalue weighted by Gasteiger charge is -2.21. The number of aliphatic hydroxyl groups is 2. The van der Waals surface area contributed by atoms with Gasteiger partial charge in [0.2, 0.25) is 0 Å². The maximum absolute atomic E-state index is 12.9. The van der Waals surface area contributed by atoms with Crippen LogP contribution in [0.4, 0.5) is 0 Å². The van der Waals surface area contributed by atoms with E-state index in [4.69, 9.17) is 32.3 Å². The van der Waals surface area contributed by atoms with Gasteiger partial charge in [0, 0.05) is 19.3 Å². The molecule has 0 saturated heterocycles. The summed E-state index contributed by atoms with van der Waals surface area (Å²) in [6.07, 6.45) is 57.4. The van der Waals surface area contributed by atoms with Crippen molar-refractivity contribution in [2.75, 3.05) is 39.6 Å². The van der Waals surface area contributed by atoms with Crippen LogP contribution in [0, 0.1) is 0 Å². The summed E-state index contributed by atoms with van der Waals surface area (Å²) in [6, 6.07) is 0. The van der Waals surface area contributed by atoms with Crippen LogP contribution in [-0.2, 0) is 55.8 Å². The molecule has 0 aliphatic heterocycles. The second kappa shape index (κ2) is 59.8. The molecule has 0 spiro atoms. The molecule has 0 rings (SSSR count). The first kappa shape index (κ1) is 80.5. The summed E-state index contributed by atoms with van der Waals surface area (Å²) in [5.41, 5.74) is 0. The first-order valence-electron chi connectivity index (χ1n) is 32.9. The molecule has 0 aliphatic carbocycles. The Labute approximate surface area is 504 Å². The maximum Gasteiger partial charge on any atom is 0.472 e. The van der Waals surface area contributed by atoms with E-state index in [1.807, 2.05) is 0 Å². The molecule has 5 atom stereocenters. The zero-order valence-corrected chi connectivity index (χ0v) is 54.2. The lowest BCUT2D eigenvalue weighted by atomic mass is 10.0. The van der Waals surface area contributed by atoms with Crippen LogP contribution in [0.15, 0.2) is 48.6 Å². The number of carbonyl (C=O) groups excluding carboxylic acids is 3. The highest BCUT2D eigenvalue weighted by Gasteiger charge is 2.29. The third-order valence-electron chi connectivity index (χ3n) is 14.1. The van der Waals surface area contributed by atoms with Gasteiger partial charge >= 0.3 is 33.6 Å². The van der Waals surface area contributed by atoms with Crippen molar-refractivity contribution in [2.45, 2.75) is 309 Å². The lowest BCUT2D eigenvalue weighted by molar-refractivity contribution is -0.161. The van der Waals surface area contributed by atoms with E-state index in [1.165, 1.54) is 135 Å². The van der Waals surface area contributed by atoms with Gasteiger partial charge in [-0.05, 0) is 64.2 Å². The number of hydrogen-bond donors (Lipinski definition) is 4. The number of rotatable bonds is 63. The fourth-order valence-electron chi connectivity index (χ4n) is 8.97. The van der Waals surface area contributed by atoms with Crippen molar-refractivity contribution in [2.24, 2.45) is 0 Å². The number of ether oxygens (including phenoxy) is 3. The van der Waals surface area contributed by atoms with Gasteiger partial charge in [-0.25, -0.2) is 9.13 Å². The molecule has 0 bridgehead atoms. The van der Waals surface area contributed by atoms with Crippen molar-refractivity contribution in [3.05, 3.63) is 48.6 Å². The zero-order chi connectivity index (χ0) is 61.0. The molecule has 83 heavy (non-hydrogen) atoms. The van der Waals surface area contributed by atoms with Gasteiger partial charge in [0.25, 0.3) is 0 Å². The van der Waals surface area contributed by atoms with Crippen LogP contribution in [-0.4, -0.2) is 95.9 Å². The molecule has 0 aromatic rings. The minimum absolute atomic E-state index is 0.112. The van der Waals surface area contributed by atoms with Crippen LogP contribution in [0.25, 0.3) is 0 Å². The molecule has 0 fully saturated rings. The predicted octanol–water partition coefficient (Wildman–Crippen LogP) is 17.6. The third-order valence-corrected chi connectivity index (χ3v) is 16.0. The van der Waals surface area contributed by atoms with Gasteiger partial charge in [-0.1, -0.05) is 256 Å². The minimum Gasteiger partial charge on any atom is -0.463 e. The molecule has 0 saturated carbocycles. The Hall–Kier alpha value is -2.49. The maximum atomic E-state index is 12.9. The van der Waals surface area contributed by atoms with Crippen molar-refractivity contribution in [3.8, 4) is 0 Å². The molecule has 0 aromatic heterocycles. The summed E-state index contributed by atoms with van der Waals surface area (Å²) < 4.78 is 60.7. The molecule has 18 heteroatoms. The zero-order valence-electron chi connectivity index (χ0n) is 52.4. The van der Waals surface area contributed by atoms with E-state index in [1.54, 1.807) is 0 Å². The van der Waals surface area contributed by atoms with Crippen LogP contribution in [0.1, 0.15) is 290 Å². The molecule has 486 valence electrons. The molecule has 0 radical (unpaired) electrons. The van der Waals surface area contributed by atoms with E-state index in [2.05, 4.69) is 69.4 Å². The molecule has 4 N–H and O–H groups in total. The second-order valence-corrected chi connectivity index (χ2v) is 25.2. The normalized spacial score (nSPS) is 14.6. The van der Waals surface area contributed by atoms with E-state index < -0.39 is 91.5 Å². The highest BCUT2D eigenvalue weighted by molar-refractivity contribution is 7.47. The molecule has 0 aliphatic rings. The van der Waals surface area contributed by atoms with Crippen LogP contribution in [0.3, 0.4) is 0 Å². The van der Waals surface area contributed by atoms with Gasteiger partial charge < -0.3 is 34.2 Å². The molecule has 0 heterocycles. The Morgan fingerprint density at radius 3 is 0.976 bits per heavy atom. The number of unbranched alkanes of at least 4 members (excludes halogenated alkanes) is 32. The van der Waals surface area contributed by atoms with Gasteiger partial charge in [-0.3, -0.25) is 32.5 Å². The monoisotopic (exact) mass is 1220 g/mol. The number of allylic oxidation sites excluding steroid dienone is 8. The van der Waals surface area contributed by atoms with Crippen molar-refractivity contribution in [3.63, 3.8) is 0 Å². The van der Waals surface area contributed by atoms with Crippen molar-refractivity contribution in [1.82, 2.24) is 0 Å². The molecular formula is C65H120O16P2. The van der Waals surface area contributed by atoms with Gasteiger partial charge in [0.05, 0.1) is 26.4 Å². The SMILES string of the molecule is CCCCC/C=C\C/C=C\C/C=C\C/C=C\CCCCCCCC(=O)OCC(O)COP(=O)(O)OCC(O)COP(=O)(O)OCC(COC(=O)CCCCCCCCCCCCCCC)OC(=O)CCCCCCCCCCCCCCC. The Morgan fingerprint density at radius 2 is 0.602 bits per heavy atom. The summed E-state index contributed by atoms with van der Waals surface area (Å²) in [4.78, 5) is 58.2. The summed E-state index contributed by atoms with van der Waals surface area (Å²) in [6.45, 7) is 2.65. The molecule has 5 unspecified atom stereocenters. The molecule has 0 aromatic carbocycles. The highest BCUT2D eigenvalue weighted by Crippen LogP contribution is 2.45. The van der Waals surface area contributed by atoms with Crippen LogP contribution < -0.4 is 0 Å². The number of hydrogen-bond acceptors (Lipinski definition) is 14. The lowest BCUT2D eigenvalue weighted by Crippen LogP contribution is -2.30. The largest absolute Gasteiger partial charge is 0.472 e. The van der Waals surface area contributed by atoms with Gasteiger partial charge in [-0.15, -0.1) is 0 Å². The van der Waals surface area contributed by atoms with E-state index in [0.29, 0.717) is 19.3 Å². The smallest absolute Gasteiger partial charge is 0.463 e. The summed E-state index contributed by atoms with van der Waals surface area (Å²) in [5, 5.41) is 20.5. The Kier molecular flexibility index (Phi) is 58.0. The third kappa shape index (κ3) is 61.0. The van der Waals surface area contributed by atoms with Crippen LogP contribution >= 0.6 is 15.6 Å². The number of carbonyl (C=O) groups is 3. The minimum atomic E-state index is -4.91. The fourth-order valence-corrected chi connectivity index (χ4v) is 10.6.